The van der Waals surface area contributed by atoms with Gasteiger partial charge in [0.1, 0.15) is 4.88 Å². The van der Waals surface area contributed by atoms with E-state index in [1.807, 2.05) is 23.6 Å². The third-order valence-corrected chi connectivity index (χ3v) is 5.65. The molecule has 9 heteroatoms. The van der Waals surface area contributed by atoms with Crippen LogP contribution in [0.25, 0.3) is 10.2 Å². The Morgan fingerprint density at radius 2 is 2.12 bits per heavy atom. The lowest BCUT2D eigenvalue weighted by Crippen LogP contribution is -2.16. The van der Waals surface area contributed by atoms with Gasteiger partial charge in [0.25, 0.3) is 5.91 Å². The molecule has 0 fully saturated rings. The van der Waals surface area contributed by atoms with Gasteiger partial charge in [-0.15, -0.1) is 0 Å². The summed E-state index contributed by atoms with van der Waals surface area (Å²) in [6.07, 6.45) is 0.864. The Labute approximate surface area is 149 Å². The van der Waals surface area contributed by atoms with Gasteiger partial charge in [-0.2, -0.15) is 4.99 Å². The molecule has 0 saturated heterocycles. The van der Waals surface area contributed by atoms with Gasteiger partial charge < -0.3 is 4.57 Å². The van der Waals surface area contributed by atoms with Crippen LogP contribution in [-0.4, -0.2) is 15.4 Å². The van der Waals surface area contributed by atoms with Crippen molar-refractivity contribution in [3.05, 3.63) is 55.1 Å². The number of halogens is 1. The number of carbonyl (C=O) groups is 1. The number of aromatic nitrogens is 1. The fraction of sp³-hybridized carbons (Fsp3) is 0.200. The van der Waals surface area contributed by atoms with Gasteiger partial charge in [-0.05, 0) is 24.6 Å². The number of thiazole rings is 1. The molecule has 0 atom stereocenters. The normalized spacial score (nSPS) is 12.0. The van der Waals surface area contributed by atoms with Crippen LogP contribution in [0.1, 0.15) is 23.0 Å². The van der Waals surface area contributed by atoms with Crippen molar-refractivity contribution in [3.8, 4) is 0 Å². The van der Waals surface area contributed by atoms with Crippen molar-refractivity contribution < 1.29 is 9.72 Å². The lowest BCUT2D eigenvalue weighted by Gasteiger charge is -2.03. The maximum Gasteiger partial charge on any atom is 0.324 e. The van der Waals surface area contributed by atoms with E-state index in [-0.39, 0.29) is 9.88 Å². The summed E-state index contributed by atoms with van der Waals surface area (Å²) >= 11 is 8.49. The summed E-state index contributed by atoms with van der Waals surface area (Å²) in [7, 11) is 0. The van der Waals surface area contributed by atoms with Crippen LogP contribution in [0.5, 0.6) is 0 Å². The molecule has 0 unspecified atom stereocenters. The van der Waals surface area contributed by atoms with Crippen molar-refractivity contribution in [1.29, 1.82) is 0 Å². The van der Waals surface area contributed by atoms with E-state index in [0.29, 0.717) is 16.4 Å². The van der Waals surface area contributed by atoms with Gasteiger partial charge in [-0.3, -0.25) is 14.9 Å². The minimum Gasteiger partial charge on any atom is -0.315 e. The third-order valence-electron chi connectivity index (χ3n) is 3.28. The number of nitro groups is 1. The third kappa shape index (κ3) is 3.12. The molecule has 0 radical (unpaired) electrons. The highest BCUT2D eigenvalue weighted by Crippen LogP contribution is 2.27. The van der Waals surface area contributed by atoms with E-state index in [4.69, 9.17) is 11.6 Å². The number of aryl methyl sites for hydroxylation is 1. The highest BCUT2D eigenvalue weighted by Gasteiger charge is 2.16. The van der Waals surface area contributed by atoms with E-state index < -0.39 is 10.8 Å². The molecule has 3 rings (SSSR count). The summed E-state index contributed by atoms with van der Waals surface area (Å²) in [5.41, 5.74) is 0.856. The van der Waals surface area contributed by atoms with Crippen molar-refractivity contribution in [1.82, 2.24) is 4.57 Å². The Morgan fingerprint density at radius 3 is 2.79 bits per heavy atom. The second-order valence-corrected chi connectivity index (χ2v) is 7.41. The van der Waals surface area contributed by atoms with Crippen LogP contribution in [0.4, 0.5) is 5.00 Å². The second-order valence-electron chi connectivity index (χ2n) is 4.93. The van der Waals surface area contributed by atoms with Crippen LogP contribution in [0.15, 0.2) is 35.3 Å². The lowest BCUT2D eigenvalue weighted by atomic mass is 10.3. The van der Waals surface area contributed by atoms with Crippen LogP contribution in [0, 0.1) is 10.1 Å². The maximum absolute atomic E-state index is 12.3. The molecule has 6 nitrogen and oxygen atoms in total. The fourth-order valence-corrected chi connectivity index (χ4v) is 4.40. The topological polar surface area (TPSA) is 77.5 Å². The zero-order valence-electron chi connectivity index (χ0n) is 12.6. The van der Waals surface area contributed by atoms with Crippen LogP contribution in [0.2, 0.25) is 5.02 Å². The number of amides is 1. The van der Waals surface area contributed by atoms with Gasteiger partial charge >= 0.3 is 5.00 Å². The Morgan fingerprint density at radius 1 is 1.33 bits per heavy atom. The van der Waals surface area contributed by atoms with Gasteiger partial charge in [-0.25, -0.2) is 0 Å². The van der Waals surface area contributed by atoms with Crippen LogP contribution < -0.4 is 4.80 Å². The van der Waals surface area contributed by atoms with Gasteiger partial charge in [0.15, 0.2) is 4.80 Å². The molecule has 0 aliphatic carbocycles. The van der Waals surface area contributed by atoms with Crippen LogP contribution in [-0.2, 0) is 6.54 Å². The van der Waals surface area contributed by atoms with Crippen molar-refractivity contribution in [2.24, 2.45) is 4.99 Å². The molecule has 0 aliphatic rings. The van der Waals surface area contributed by atoms with E-state index in [1.165, 1.54) is 23.5 Å². The molecule has 0 bridgehead atoms. The molecule has 1 amide bonds. The van der Waals surface area contributed by atoms with Gasteiger partial charge in [0.05, 0.1) is 20.2 Å². The van der Waals surface area contributed by atoms with E-state index in [1.54, 1.807) is 6.07 Å². The average Bonchev–Trinajstić information content (AvgIpc) is 3.14. The molecule has 2 heterocycles. The molecular formula is C15H12ClN3O3S2. The Balaban J connectivity index is 2.11. The number of rotatable bonds is 4. The highest BCUT2D eigenvalue weighted by molar-refractivity contribution is 7.17. The summed E-state index contributed by atoms with van der Waals surface area (Å²) in [6, 6.07) is 8.33. The molecule has 0 N–H and O–H groups in total. The van der Waals surface area contributed by atoms with E-state index in [9.17, 15) is 14.9 Å². The van der Waals surface area contributed by atoms with Gasteiger partial charge in [0, 0.05) is 12.6 Å². The summed E-state index contributed by atoms with van der Waals surface area (Å²) in [5, 5.41) is 11.3. The number of hydrogen-bond acceptors (Lipinski definition) is 5. The number of carbonyl (C=O) groups excluding carboxylic acids is 1. The van der Waals surface area contributed by atoms with E-state index in [2.05, 4.69) is 4.99 Å². The molecule has 0 saturated carbocycles. The van der Waals surface area contributed by atoms with Gasteiger partial charge in [0.2, 0.25) is 0 Å². The highest BCUT2D eigenvalue weighted by atomic mass is 35.5. The van der Waals surface area contributed by atoms with Crippen molar-refractivity contribution >= 4 is 55.4 Å². The molecular weight excluding hydrogens is 370 g/mol. The first kappa shape index (κ1) is 16.8. The molecule has 1 aromatic carbocycles. The van der Waals surface area contributed by atoms with Crippen molar-refractivity contribution in [3.63, 3.8) is 0 Å². The molecule has 0 spiro atoms. The van der Waals surface area contributed by atoms with Crippen LogP contribution >= 0.6 is 34.3 Å². The fourth-order valence-electron chi connectivity index (χ4n) is 2.29. The van der Waals surface area contributed by atoms with Crippen molar-refractivity contribution in [2.75, 3.05) is 0 Å². The number of benzene rings is 1. The Kier molecular flexibility index (Phi) is 4.79. The zero-order valence-corrected chi connectivity index (χ0v) is 15.0. The summed E-state index contributed by atoms with van der Waals surface area (Å²) in [6.45, 7) is 2.71. The predicted molar refractivity (Wildman–Crippen MR) is 96.0 cm³/mol. The second kappa shape index (κ2) is 6.84. The van der Waals surface area contributed by atoms with Gasteiger partial charge in [-0.1, -0.05) is 47.3 Å². The monoisotopic (exact) mass is 381 g/mol. The Bertz CT molecular complexity index is 1000. The molecule has 3 aromatic rings. The first-order valence-electron chi connectivity index (χ1n) is 7.12. The smallest absolute Gasteiger partial charge is 0.315 e. The number of hydrogen-bond donors (Lipinski definition) is 0. The maximum atomic E-state index is 12.3. The lowest BCUT2D eigenvalue weighted by molar-refractivity contribution is -0.380. The first-order chi connectivity index (χ1) is 11.5. The number of para-hydroxylation sites is 1. The van der Waals surface area contributed by atoms with E-state index in [0.717, 1.165) is 28.0 Å². The predicted octanol–water partition coefficient (Wildman–Crippen LogP) is 4.48. The number of thiophene rings is 1. The van der Waals surface area contributed by atoms with Crippen LogP contribution in [0.3, 0.4) is 0 Å². The molecule has 124 valence electrons. The largest absolute Gasteiger partial charge is 0.324 e. The summed E-state index contributed by atoms with van der Waals surface area (Å²) in [4.78, 5) is 27.5. The molecule has 0 aliphatic heterocycles. The minimum atomic E-state index is -0.516. The Hall–Kier alpha value is -2.03. The standard InChI is InChI=1S/C15H12ClN3O3S2/c1-2-8-18-13-9(16)4-3-5-10(13)24-15(18)17-14(20)11-6-7-12(23-11)19(21)22/h3-7H,2,8H2,1H3. The quantitative estimate of drug-likeness (QED) is 0.493. The summed E-state index contributed by atoms with van der Waals surface area (Å²) in [5.74, 6) is -0.486. The first-order valence-corrected chi connectivity index (χ1v) is 9.13. The number of fused-ring (bicyclic) bond motifs is 1. The average molecular weight is 382 g/mol. The molecule has 24 heavy (non-hydrogen) atoms. The van der Waals surface area contributed by atoms with Crippen molar-refractivity contribution in [2.45, 2.75) is 19.9 Å². The number of nitrogens with zero attached hydrogens (tertiary/aromatic N) is 3. The molecule has 2 aromatic heterocycles. The summed E-state index contributed by atoms with van der Waals surface area (Å²) < 4.78 is 2.86. The SMILES string of the molecule is CCCn1c(=NC(=O)c2ccc([N+](=O)[O-])s2)sc2cccc(Cl)c21. The minimum absolute atomic E-state index is 0.0747. The van der Waals surface area contributed by atoms with E-state index >= 15 is 0 Å². The zero-order chi connectivity index (χ0) is 17.3.